The third kappa shape index (κ3) is 3.47. The number of aliphatic carboxylic acids is 1. The van der Waals surface area contributed by atoms with Crippen molar-refractivity contribution in [3.05, 3.63) is 33.9 Å². The van der Waals surface area contributed by atoms with Crippen molar-refractivity contribution in [3.8, 4) is 0 Å². The van der Waals surface area contributed by atoms with E-state index in [-0.39, 0.29) is 17.2 Å². The standard InChI is InChI=1S/C15H18N2O5S/c1-9-11(15(19)20)4-3-7-16(9)14(18)10-5-6-13(23-2)12(8-10)17(21)22/h5-6,8-9,11H,3-4,7H2,1-2H3,(H,19,20)/t9-,11-/m0/s1. The Hall–Kier alpha value is -2.09. The molecule has 1 N–H and O–H groups in total. The van der Waals surface area contributed by atoms with Crippen LogP contribution in [0.25, 0.3) is 0 Å². The Kier molecular flexibility index (Phi) is 5.25. The van der Waals surface area contributed by atoms with Crippen LogP contribution in [0.4, 0.5) is 5.69 Å². The van der Waals surface area contributed by atoms with Gasteiger partial charge in [0, 0.05) is 24.2 Å². The van der Waals surface area contributed by atoms with Gasteiger partial charge in [-0.05, 0) is 38.2 Å². The van der Waals surface area contributed by atoms with Gasteiger partial charge in [-0.15, -0.1) is 11.8 Å². The maximum atomic E-state index is 12.7. The second-order valence-corrected chi connectivity index (χ2v) is 6.32. The molecule has 2 atom stereocenters. The molecule has 7 nitrogen and oxygen atoms in total. The van der Waals surface area contributed by atoms with Crippen LogP contribution in [-0.4, -0.2) is 45.6 Å². The normalized spacial score (nSPS) is 21.0. The summed E-state index contributed by atoms with van der Waals surface area (Å²) in [5.41, 5.74) is 0.107. The van der Waals surface area contributed by atoms with Crippen LogP contribution in [0.1, 0.15) is 30.1 Å². The fourth-order valence-electron chi connectivity index (χ4n) is 2.89. The number of amides is 1. The number of likely N-dealkylation sites (tertiary alicyclic amines) is 1. The van der Waals surface area contributed by atoms with Gasteiger partial charge in [0.1, 0.15) is 0 Å². The molecule has 0 aliphatic carbocycles. The summed E-state index contributed by atoms with van der Waals surface area (Å²) in [5.74, 6) is -1.88. The summed E-state index contributed by atoms with van der Waals surface area (Å²) in [7, 11) is 0. The Bertz CT molecular complexity index is 649. The molecule has 1 aromatic carbocycles. The molecule has 0 unspecified atom stereocenters. The lowest BCUT2D eigenvalue weighted by Crippen LogP contribution is -2.49. The molecule has 2 rings (SSSR count). The topological polar surface area (TPSA) is 101 Å². The zero-order chi connectivity index (χ0) is 17.1. The highest BCUT2D eigenvalue weighted by molar-refractivity contribution is 7.98. The molecule has 1 aliphatic heterocycles. The van der Waals surface area contributed by atoms with Gasteiger partial charge in [0.05, 0.1) is 15.7 Å². The minimum absolute atomic E-state index is 0.109. The van der Waals surface area contributed by atoms with E-state index in [0.717, 1.165) is 0 Å². The number of carboxylic acid groups (broad SMARTS) is 1. The predicted octanol–water partition coefficient (Wildman–Crippen LogP) is 2.64. The summed E-state index contributed by atoms with van der Waals surface area (Å²) < 4.78 is 0. The van der Waals surface area contributed by atoms with Gasteiger partial charge < -0.3 is 10.0 Å². The fourth-order valence-corrected chi connectivity index (χ4v) is 3.44. The van der Waals surface area contributed by atoms with E-state index < -0.39 is 22.9 Å². The van der Waals surface area contributed by atoms with Crippen LogP contribution in [0.15, 0.2) is 23.1 Å². The van der Waals surface area contributed by atoms with E-state index in [1.165, 1.54) is 22.7 Å². The minimum atomic E-state index is -0.918. The SMILES string of the molecule is CSc1ccc(C(=O)N2CCC[C@H](C(=O)O)[C@@H]2C)cc1[N+](=O)[O-]. The summed E-state index contributed by atoms with van der Waals surface area (Å²) >= 11 is 1.24. The first-order chi connectivity index (χ1) is 10.9. The highest BCUT2D eigenvalue weighted by atomic mass is 32.2. The van der Waals surface area contributed by atoms with E-state index in [9.17, 15) is 24.8 Å². The highest BCUT2D eigenvalue weighted by Gasteiger charge is 2.36. The van der Waals surface area contributed by atoms with E-state index in [2.05, 4.69) is 0 Å². The Morgan fingerprint density at radius 3 is 2.70 bits per heavy atom. The van der Waals surface area contributed by atoms with E-state index in [0.29, 0.717) is 24.3 Å². The summed E-state index contributed by atoms with van der Waals surface area (Å²) in [6.45, 7) is 2.17. The van der Waals surface area contributed by atoms with Crippen molar-refractivity contribution >= 4 is 29.3 Å². The molecule has 1 aromatic rings. The van der Waals surface area contributed by atoms with Crippen molar-refractivity contribution in [2.24, 2.45) is 5.92 Å². The monoisotopic (exact) mass is 338 g/mol. The van der Waals surface area contributed by atoms with Crippen molar-refractivity contribution < 1.29 is 19.6 Å². The number of carboxylic acids is 1. The molecule has 124 valence electrons. The van der Waals surface area contributed by atoms with Crippen molar-refractivity contribution in [2.75, 3.05) is 12.8 Å². The molecule has 1 fully saturated rings. The minimum Gasteiger partial charge on any atom is -0.481 e. The molecule has 0 radical (unpaired) electrons. The Labute approximate surface area is 137 Å². The van der Waals surface area contributed by atoms with Crippen molar-refractivity contribution in [1.29, 1.82) is 0 Å². The molecule has 1 amide bonds. The van der Waals surface area contributed by atoms with Gasteiger partial charge in [0.2, 0.25) is 0 Å². The second kappa shape index (κ2) is 6.99. The quantitative estimate of drug-likeness (QED) is 0.514. The number of carbonyl (C=O) groups excluding carboxylic acids is 1. The molecular weight excluding hydrogens is 320 g/mol. The molecular formula is C15H18N2O5S. The first kappa shape index (κ1) is 17.3. The van der Waals surface area contributed by atoms with Gasteiger partial charge in [-0.25, -0.2) is 0 Å². The lowest BCUT2D eigenvalue weighted by Gasteiger charge is -2.37. The smallest absolute Gasteiger partial charge is 0.308 e. The van der Waals surface area contributed by atoms with Crippen LogP contribution in [0.2, 0.25) is 0 Å². The molecule has 0 aromatic heterocycles. The number of benzene rings is 1. The van der Waals surface area contributed by atoms with Gasteiger partial charge in [-0.1, -0.05) is 0 Å². The molecule has 1 heterocycles. The summed E-state index contributed by atoms with van der Waals surface area (Å²) in [6, 6.07) is 3.94. The molecule has 8 heteroatoms. The Balaban J connectivity index is 2.31. The summed E-state index contributed by atoms with van der Waals surface area (Å²) in [6.07, 6.45) is 2.87. The number of rotatable bonds is 4. The average molecular weight is 338 g/mol. The number of hydrogen-bond donors (Lipinski definition) is 1. The van der Waals surface area contributed by atoms with Crippen molar-refractivity contribution in [3.63, 3.8) is 0 Å². The largest absolute Gasteiger partial charge is 0.481 e. The molecule has 1 saturated heterocycles. The van der Waals surface area contributed by atoms with Gasteiger partial charge in [-0.3, -0.25) is 19.7 Å². The van der Waals surface area contributed by atoms with Crippen LogP contribution >= 0.6 is 11.8 Å². The number of piperidine rings is 1. The Morgan fingerprint density at radius 2 is 2.13 bits per heavy atom. The van der Waals surface area contributed by atoms with Crippen LogP contribution in [0, 0.1) is 16.0 Å². The van der Waals surface area contributed by atoms with Gasteiger partial charge >= 0.3 is 5.97 Å². The predicted molar refractivity (Wildman–Crippen MR) is 85.7 cm³/mol. The molecule has 0 spiro atoms. The zero-order valence-corrected chi connectivity index (χ0v) is 13.7. The van der Waals surface area contributed by atoms with Gasteiger partial charge in [0.15, 0.2) is 0 Å². The van der Waals surface area contributed by atoms with Crippen molar-refractivity contribution in [1.82, 2.24) is 4.90 Å². The third-order valence-corrected chi connectivity index (χ3v) is 4.97. The van der Waals surface area contributed by atoms with E-state index in [4.69, 9.17) is 0 Å². The number of nitrogens with zero attached hydrogens (tertiary/aromatic N) is 2. The first-order valence-electron chi connectivity index (χ1n) is 7.23. The number of thioether (sulfide) groups is 1. The molecule has 0 saturated carbocycles. The lowest BCUT2D eigenvalue weighted by molar-refractivity contribution is -0.387. The molecule has 23 heavy (non-hydrogen) atoms. The number of carbonyl (C=O) groups is 2. The van der Waals surface area contributed by atoms with Gasteiger partial charge in [0.25, 0.3) is 11.6 Å². The first-order valence-corrected chi connectivity index (χ1v) is 8.45. The molecule has 1 aliphatic rings. The van der Waals surface area contributed by atoms with Gasteiger partial charge in [-0.2, -0.15) is 0 Å². The number of hydrogen-bond acceptors (Lipinski definition) is 5. The number of nitro benzene ring substituents is 1. The van der Waals surface area contributed by atoms with Crippen LogP contribution < -0.4 is 0 Å². The fraction of sp³-hybridized carbons (Fsp3) is 0.467. The van der Waals surface area contributed by atoms with E-state index in [1.54, 1.807) is 25.3 Å². The Morgan fingerprint density at radius 1 is 1.43 bits per heavy atom. The maximum Gasteiger partial charge on any atom is 0.308 e. The van der Waals surface area contributed by atoms with E-state index >= 15 is 0 Å². The van der Waals surface area contributed by atoms with Crippen molar-refractivity contribution in [2.45, 2.75) is 30.7 Å². The van der Waals surface area contributed by atoms with Crippen LogP contribution in [0.5, 0.6) is 0 Å². The highest BCUT2D eigenvalue weighted by Crippen LogP contribution is 2.30. The average Bonchev–Trinajstić information content (AvgIpc) is 2.53. The maximum absolute atomic E-state index is 12.7. The summed E-state index contributed by atoms with van der Waals surface area (Å²) in [4.78, 5) is 36.5. The second-order valence-electron chi connectivity index (χ2n) is 5.47. The zero-order valence-electron chi connectivity index (χ0n) is 12.9. The summed E-state index contributed by atoms with van der Waals surface area (Å²) in [5, 5.41) is 20.4. The lowest BCUT2D eigenvalue weighted by atomic mass is 9.90. The van der Waals surface area contributed by atoms with Crippen LogP contribution in [-0.2, 0) is 4.79 Å². The van der Waals surface area contributed by atoms with Crippen LogP contribution in [0.3, 0.4) is 0 Å². The van der Waals surface area contributed by atoms with E-state index in [1.807, 2.05) is 0 Å². The third-order valence-electron chi connectivity index (χ3n) is 4.19. The molecule has 0 bridgehead atoms. The number of nitro groups is 1.